The van der Waals surface area contributed by atoms with Crippen molar-refractivity contribution < 1.29 is 14.4 Å². The van der Waals surface area contributed by atoms with Gasteiger partial charge in [0.2, 0.25) is 11.8 Å². The van der Waals surface area contributed by atoms with Crippen LogP contribution in [-0.4, -0.2) is 38.2 Å². The van der Waals surface area contributed by atoms with Crippen LogP contribution >= 0.6 is 0 Å². The number of hydrogen-bond donors (Lipinski definition) is 1. The molecule has 1 saturated carbocycles. The first-order valence-electron chi connectivity index (χ1n) is 11.5. The van der Waals surface area contributed by atoms with Gasteiger partial charge in [0.1, 0.15) is 11.9 Å². The lowest BCUT2D eigenvalue weighted by Crippen LogP contribution is -2.52. The molecule has 0 spiro atoms. The molecule has 0 radical (unpaired) electrons. The van der Waals surface area contributed by atoms with E-state index in [1.807, 2.05) is 18.2 Å². The highest BCUT2D eigenvalue weighted by atomic mass is 16.2. The monoisotopic (exact) mass is 434 g/mol. The minimum Gasteiger partial charge on any atom is -0.337 e. The van der Waals surface area contributed by atoms with Gasteiger partial charge in [0.05, 0.1) is 5.69 Å². The van der Waals surface area contributed by atoms with Gasteiger partial charge in [-0.2, -0.15) is 0 Å². The number of carbonyl (C=O) groups is 3. The molecule has 1 N–H and O–H groups in total. The Labute approximate surface area is 188 Å². The van der Waals surface area contributed by atoms with Crippen LogP contribution in [0, 0.1) is 5.41 Å². The second-order valence-electron chi connectivity index (χ2n) is 10.3. The van der Waals surface area contributed by atoms with E-state index in [0.717, 1.165) is 35.5 Å². The Balaban J connectivity index is 1.37. The van der Waals surface area contributed by atoms with E-state index < -0.39 is 6.04 Å². The van der Waals surface area contributed by atoms with Gasteiger partial charge >= 0.3 is 0 Å². The van der Waals surface area contributed by atoms with E-state index in [-0.39, 0.29) is 24.1 Å². The summed E-state index contributed by atoms with van der Waals surface area (Å²) in [4.78, 5) is 43.2. The minimum absolute atomic E-state index is 0.146. The molecule has 1 atom stereocenters. The number of carbonyl (C=O) groups excluding carboxylic acids is 3. The van der Waals surface area contributed by atoms with Gasteiger partial charge in [0.25, 0.3) is 5.91 Å². The largest absolute Gasteiger partial charge is 0.337 e. The summed E-state index contributed by atoms with van der Waals surface area (Å²) in [6.45, 7) is 5.07. The number of imide groups is 1. The Morgan fingerprint density at radius 1 is 1.09 bits per heavy atom. The molecule has 3 amide bonds. The van der Waals surface area contributed by atoms with Crippen molar-refractivity contribution in [3.05, 3.63) is 41.3 Å². The molecule has 168 valence electrons. The zero-order chi connectivity index (χ0) is 22.6. The van der Waals surface area contributed by atoms with Crippen molar-refractivity contribution in [1.82, 2.24) is 19.8 Å². The maximum Gasteiger partial charge on any atom is 0.255 e. The molecular formula is C25H30N4O3. The molecule has 0 bridgehead atoms. The molecule has 7 nitrogen and oxygen atoms in total. The molecule has 1 unspecified atom stereocenters. The lowest BCUT2D eigenvalue weighted by Gasteiger charge is -2.33. The summed E-state index contributed by atoms with van der Waals surface area (Å²) in [7, 11) is 2.06. The SMILES string of the molecule is Cn1cc(-c2ccc3c(c2)CN(C2CCC(=O)NC2=O)C3=O)nc1C1CCC(C)(C)CC1. The first kappa shape index (κ1) is 20.9. The van der Waals surface area contributed by atoms with Crippen LogP contribution in [0.5, 0.6) is 0 Å². The van der Waals surface area contributed by atoms with Gasteiger partial charge in [0, 0.05) is 43.3 Å². The van der Waals surface area contributed by atoms with Crippen LogP contribution in [0.3, 0.4) is 0 Å². The fraction of sp³-hybridized carbons (Fsp3) is 0.520. The number of nitrogens with one attached hydrogen (secondary N) is 1. The highest BCUT2D eigenvalue weighted by molar-refractivity contribution is 6.05. The quantitative estimate of drug-likeness (QED) is 0.749. The highest BCUT2D eigenvalue weighted by Gasteiger charge is 2.39. The average Bonchev–Trinajstić information content (AvgIpc) is 3.28. The third-order valence-electron chi connectivity index (χ3n) is 7.44. The molecule has 1 saturated heterocycles. The van der Waals surface area contributed by atoms with Crippen molar-refractivity contribution >= 4 is 17.7 Å². The summed E-state index contributed by atoms with van der Waals surface area (Å²) in [6.07, 6.45) is 7.48. The summed E-state index contributed by atoms with van der Waals surface area (Å²) in [6, 6.07) is 5.22. The van der Waals surface area contributed by atoms with E-state index in [1.54, 1.807) is 4.90 Å². The third-order valence-corrected chi connectivity index (χ3v) is 7.44. The van der Waals surface area contributed by atoms with Crippen LogP contribution in [0.2, 0.25) is 0 Å². The number of piperidine rings is 1. The summed E-state index contributed by atoms with van der Waals surface area (Å²) < 4.78 is 2.15. The molecule has 1 aromatic carbocycles. The van der Waals surface area contributed by atoms with Gasteiger partial charge in [-0.1, -0.05) is 19.9 Å². The molecule has 2 fully saturated rings. The molecule has 3 heterocycles. The van der Waals surface area contributed by atoms with Gasteiger partial charge in [-0.25, -0.2) is 4.98 Å². The van der Waals surface area contributed by atoms with E-state index in [4.69, 9.17) is 4.98 Å². The maximum atomic E-state index is 12.9. The molecular weight excluding hydrogens is 404 g/mol. The van der Waals surface area contributed by atoms with Crippen molar-refractivity contribution in [2.24, 2.45) is 12.5 Å². The van der Waals surface area contributed by atoms with E-state index in [9.17, 15) is 14.4 Å². The third kappa shape index (κ3) is 3.63. The normalized spacial score (nSPS) is 23.4. The van der Waals surface area contributed by atoms with E-state index >= 15 is 0 Å². The number of aryl methyl sites for hydroxylation is 1. The Bertz CT molecular complexity index is 1110. The Hall–Kier alpha value is -2.96. The second-order valence-corrected chi connectivity index (χ2v) is 10.3. The minimum atomic E-state index is -0.590. The number of rotatable bonds is 3. The standard InChI is InChI=1S/C25H30N4O3/c1-25(2)10-8-15(9-11-25)22-26-19(14-28(22)3)16-4-5-18-17(12-16)13-29(24(18)32)20-6-7-21(30)27-23(20)31/h4-5,12,14-15,20H,6-11,13H2,1-3H3,(H,27,30,31). The average molecular weight is 435 g/mol. The highest BCUT2D eigenvalue weighted by Crippen LogP contribution is 2.42. The van der Waals surface area contributed by atoms with Gasteiger partial charge in [0.15, 0.2) is 0 Å². The lowest BCUT2D eigenvalue weighted by atomic mass is 9.73. The van der Waals surface area contributed by atoms with Crippen molar-refractivity contribution in [3.8, 4) is 11.3 Å². The van der Waals surface area contributed by atoms with Crippen molar-refractivity contribution in [2.45, 2.75) is 70.9 Å². The number of nitrogens with zero attached hydrogens (tertiary/aromatic N) is 3. The van der Waals surface area contributed by atoms with Crippen LogP contribution in [-0.2, 0) is 23.2 Å². The number of benzene rings is 1. The Morgan fingerprint density at radius 3 is 2.56 bits per heavy atom. The summed E-state index contributed by atoms with van der Waals surface area (Å²) >= 11 is 0. The van der Waals surface area contributed by atoms with Crippen molar-refractivity contribution in [3.63, 3.8) is 0 Å². The predicted octanol–water partition coefficient (Wildman–Crippen LogP) is 3.53. The lowest BCUT2D eigenvalue weighted by molar-refractivity contribution is -0.136. The summed E-state index contributed by atoms with van der Waals surface area (Å²) in [5.41, 5.74) is 3.86. The smallest absolute Gasteiger partial charge is 0.255 e. The topological polar surface area (TPSA) is 84.3 Å². The first-order chi connectivity index (χ1) is 15.2. The van der Waals surface area contributed by atoms with E-state index in [2.05, 4.69) is 37.0 Å². The number of hydrogen-bond acceptors (Lipinski definition) is 4. The molecule has 32 heavy (non-hydrogen) atoms. The fourth-order valence-corrected chi connectivity index (χ4v) is 5.39. The van der Waals surface area contributed by atoms with E-state index in [0.29, 0.717) is 29.9 Å². The van der Waals surface area contributed by atoms with Gasteiger partial charge < -0.3 is 9.47 Å². The zero-order valence-corrected chi connectivity index (χ0v) is 19.0. The second kappa shape index (κ2) is 7.57. The number of aromatic nitrogens is 2. The summed E-state index contributed by atoms with van der Waals surface area (Å²) in [5.74, 6) is 0.823. The van der Waals surface area contributed by atoms with Gasteiger partial charge in [-0.15, -0.1) is 0 Å². The van der Waals surface area contributed by atoms with Crippen LogP contribution in [0.4, 0.5) is 0 Å². The van der Waals surface area contributed by atoms with Crippen molar-refractivity contribution in [2.75, 3.05) is 0 Å². The number of imidazole rings is 1. The molecule has 1 aromatic heterocycles. The van der Waals surface area contributed by atoms with E-state index in [1.165, 1.54) is 12.8 Å². The molecule has 7 heteroatoms. The molecule has 2 aromatic rings. The predicted molar refractivity (Wildman–Crippen MR) is 120 cm³/mol. The molecule has 2 aliphatic heterocycles. The van der Waals surface area contributed by atoms with Gasteiger partial charge in [-0.05, 0) is 55.2 Å². The maximum absolute atomic E-state index is 12.9. The molecule has 3 aliphatic rings. The number of fused-ring (bicyclic) bond motifs is 1. The van der Waals surface area contributed by atoms with Crippen LogP contribution in [0.1, 0.15) is 80.0 Å². The summed E-state index contributed by atoms with van der Waals surface area (Å²) in [5, 5.41) is 2.35. The Kier molecular flexibility index (Phi) is 4.95. The first-order valence-corrected chi connectivity index (χ1v) is 11.5. The van der Waals surface area contributed by atoms with Gasteiger partial charge in [-0.3, -0.25) is 19.7 Å². The number of amides is 3. The Morgan fingerprint density at radius 2 is 1.84 bits per heavy atom. The zero-order valence-electron chi connectivity index (χ0n) is 19.0. The van der Waals surface area contributed by atoms with Crippen LogP contribution in [0.15, 0.2) is 24.4 Å². The van der Waals surface area contributed by atoms with Crippen LogP contribution in [0.25, 0.3) is 11.3 Å². The fourth-order valence-electron chi connectivity index (χ4n) is 5.39. The molecule has 5 rings (SSSR count). The van der Waals surface area contributed by atoms with Crippen molar-refractivity contribution in [1.29, 1.82) is 0 Å². The van der Waals surface area contributed by atoms with Crippen LogP contribution < -0.4 is 5.32 Å². The molecule has 1 aliphatic carbocycles.